The maximum atomic E-state index is 11.9. The van der Waals surface area contributed by atoms with Gasteiger partial charge < -0.3 is 9.52 Å². The normalized spacial score (nSPS) is 10.9. The van der Waals surface area contributed by atoms with Crippen LogP contribution in [0, 0.1) is 6.92 Å². The summed E-state index contributed by atoms with van der Waals surface area (Å²) in [6, 6.07) is -0.0258. The highest BCUT2D eigenvalue weighted by atomic mass is 16.4. The molecule has 0 saturated heterocycles. The van der Waals surface area contributed by atoms with Gasteiger partial charge in [-0.05, 0) is 5.92 Å². The molecule has 0 atom stereocenters. The van der Waals surface area contributed by atoms with Gasteiger partial charge in [-0.1, -0.05) is 24.2 Å². The van der Waals surface area contributed by atoms with Crippen molar-refractivity contribution in [3.05, 3.63) is 17.3 Å². The fourth-order valence-corrected chi connectivity index (χ4v) is 1.80. The summed E-state index contributed by atoms with van der Waals surface area (Å²) in [5, 5.41) is 25.9. The number of aryl methyl sites for hydroxylation is 1. The van der Waals surface area contributed by atoms with E-state index in [1.165, 1.54) is 4.68 Å². The van der Waals surface area contributed by atoms with Crippen molar-refractivity contribution in [2.24, 2.45) is 0 Å². The molecule has 2 aromatic rings. The number of amides is 1. The van der Waals surface area contributed by atoms with E-state index in [1.807, 2.05) is 0 Å². The molecule has 10 nitrogen and oxygen atoms in total. The molecule has 10 heteroatoms. The Hall–Kier alpha value is -2.78. The van der Waals surface area contributed by atoms with Crippen LogP contribution in [0.2, 0.25) is 0 Å². The van der Waals surface area contributed by atoms with Crippen LogP contribution in [-0.2, 0) is 11.3 Å². The van der Waals surface area contributed by atoms with E-state index in [0.29, 0.717) is 11.6 Å². The molecule has 0 fully saturated rings. The summed E-state index contributed by atoms with van der Waals surface area (Å²) in [5.74, 6) is -1.48. The lowest BCUT2D eigenvalue weighted by Gasteiger charge is -2.09. The lowest BCUT2D eigenvalue weighted by Crippen LogP contribution is -2.22. The van der Waals surface area contributed by atoms with Crippen molar-refractivity contribution in [1.82, 2.24) is 25.2 Å². The van der Waals surface area contributed by atoms with Crippen LogP contribution in [0.25, 0.3) is 0 Å². The molecule has 112 valence electrons. The first-order valence-electron chi connectivity index (χ1n) is 6.15. The molecule has 1 amide bonds. The van der Waals surface area contributed by atoms with E-state index in [4.69, 9.17) is 9.52 Å². The molecular formula is C11H14N6O4. The number of rotatable bonds is 5. The average Bonchev–Trinajstić information content (AvgIpc) is 2.95. The Kier molecular flexibility index (Phi) is 3.96. The van der Waals surface area contributed by atoms with Gasteiger partial charge in [-0.2, -0.15) is 0 Å². The molecule has 2 rings (SSSR count). The third-order valence-corrected chi connectivity index (χ3v) is 2.59. The molecule has 0 aromatic carbocycles. The minimum Gasteiger partial charge on any atom is -0.476 e. The highest BCUT2D eigenvalue weighted by molar-refractivity contribution is 5.89. The SMILES string of the molecule is Cc1nnc(NC(=O)Cn2nnc(C(=O)O)c2C(C)C)o1. The van der Waals surface area contributed by atoms with Gasteiger partial charge in [0.1, 0.15) is 6.54 Å². The standard InChI is InChI=1S/C11H14N6O4/c1-5(2)9-8(10(19)20)14-16-17(9)4-7(18)12-11-15-13-6(3)21-11/h5H,4H2,1-3H3,(H,19,20)(H,12,15,18). The van der Waals surface area contributed by atoms with E-state index >= 15 is 0 Å². The van der Waals surface area contributed by atoms with Crippen LogP contribution >= 0.6 is 0 Å². The molecule has 2 aromatic heterocycles. The number of anilines is 1. The third-order valence-electron chi connectivity index (χ3n) is 2.59. The second kappa shape index (κ2) is 5.69. The van der Waals surface area contributed by atoms with Crippen molar-refractivity contribution < 1.29 is 19.1 Å². The summed E-state index contributed by atoms with van der Waals surface area (Å²) in [5.41, 5.74) is 0.214. The molecule has 0 saturated carbocycles. The molecule has 21 heavy (non-hydrogen) atoms. The van der Waals surface area contributed by atoms with Gasteiger partial charge >= 0.3 is 12.0 Å². The van der Waals surface area contributed by atoms with Crippen molar-refractivity contribution in [1.29, 1.82) is 0 Å². The molecule has 0 aliphatic heterocycles. The zero-order chi connectivity index (χ0) is 15.6. The fourth-order valence-electron chi connectivity index (χ4n) is 1.80. The minimum absolute atomic E-state index is 0.0258. The molecule has 0 spiro atoms. The number of carbonyl (C=O) groups is 2. The smallest absolute Gasteiger partial charge is 0.358 e. The second-order valence-corrected chi connectivity index (χ2v) is 4.62. The number of nitrogens with zero attached hydrogens (tertiary/aromatic N) is 5. The van der Waals surface area contributed by atoms with Crippen molar-refractivity contribution in [2.45, 2.75) is 33.2 Å². The van der Waals surface area contributed by atoms with Gasteiger partial charge in [-0.15, -0.1) is 10.2 Å². The third kappa shape index (κ3) is 3.22. The van der Waals surface area contributed by atoms with Gasteiger partial charge in [0.2, 0.25) is 11.8 Å². The van der Waals surface area contributed by atoms with E-state index < -0.39 is 11.9 Å². The lowest BCUT2D eigenvalue weighted by molar-refractivity contribution is -0.117. The van der Waals surface area contributed by atoms with Crippen molar-refractivity contribution >= 4 is 17.9 Å². The number of carbonyl (C=O) groups excluding carboxylic acids is 1. The Labute approximate surface area is 119 Å². The van der Waals surface area contributed by atoms with Crippen LogP contribution in [0.1, 0.15) is 41.8 Å². The van der Waals surface area contributed by atoms with Crippen LogP contribution in [-0.4, -0.2) is 42.2 Å². The van der Waals surface area contributed by atoms with Crippen LogP contribution in [0.3, 0.4) is 0 Å². The molecule has 2 heterocycles. The maximum absolute atomic E-state index is 11.9. The number of aromatic nitrogens is 5. The Morgan fingerprint density at radius 2 is 2.05 bits per heavy atom. The maximum Gasteiger partial charge on any atom is 0.358 e. The first kappa shape index (κ1) is 14.6. The molecule has 0 unspecified atom stereocenters. The average molecular weight is 294 g/mol. The summed E-state index contributed by atoms with van der Waals surface area (Å²) in [6.45, 7) is 4.98. The van der Waals surface area contributed by atoms with Crippen LogP contribution in [0.4, 0.5) is 6.01 Å². The number of nitrogens with one attached hydrogen (secondary N) is 1. The largest absolute Gasteiger partial charge is 0.476 e. The molecule has 2 N–H and O–H groups in total. The molecule has 0 bridgehead atoms. The zero-order valence-corrected chi connectivity index (χ0v) is 11.7. The van der Waals surface area contributed by atoms with Gasteiger partial charge in [-0.3, -0.25) is 10.1 Å². The first-order chi connectivity index (χ1) is 9.88. The quantitative estimate of drug-likeness (QED) is 0.810. The van der Waals surface area contributed by atoms with Gasteiger partial charge in [0.15, 0.2) is 5.69 Å². The van der Waals surface area contributed by atoms with Gasteiger partial charge in [-0.25, -0.2) is 9.48 Å². The van der Waals surface area contributed by atoms with E-state index in [2.05, 4.69) is 25.8 Å². The van der Waals surface area contributed by atoms with E-state index in [-0.39, 0.29) is 24.2 Å². The van der Waals surface area contributed by atoms with Gasteiger partial charge in [0, 0.05) is 6.92 Å². The van der Waals surface area contributed by atoms with E-state index in [9.17, 15) is 9.59 Å². The first-order valence-corrected chi connectivity index (χ1v) is 6.15. The van der Waals surface area contributed by atoms with Crippen LogP contribution in [0.5, 0.6) is 0 Å². The van der Waals surface area contributed by atoms with Crippen LogP contribution < -0.4 is 5.32 Å². The number of carboxylic acids is 1. The Morgan fingerprint density at radius 3 is 2.57 bits per heavy atom. The summed E-state index contributed by atoms with van der Waals surface area (Å²) < 4.78 is 6.26. The molecule has 0 aliphatic carbocycles. The topological polar surface area (TPSA) is 136 Å². The summed E-state index contributed by atoms with van der Waals surface area (Å²) in [6.07, 6.45) is 0. The highest BCUT2D eigenvalue weighted by Gasteiger charge is 2.23. The monoisotopic (exact) mass is 294 g/mol. The van der Waals surface area contributed by atoms with Gasteiger partial charge in [0.25, 0.3) is 0 Å². The Bertz CT molecular complexity index is 674. The van der Waals surface area contributed by atoms with E-state index in [0.717, 1.165) is 0 Å². The number of aromatic carboxylic acids is 1. The van der Waals surface area contributed by atoms with Crippen molar-refractivity contribution in [3.8, 4) is 0 Å². The predicted molar refractivity (Wildman–Crippen MR) is 68.7 cm³/mol. The lowest BCUT2D eigenvalue weighted by atomic mass is 10.1. The number of hydrogen-bond acceptors (Lipinski definition) is 7. The zero-order valence-electron chi connectivity index (χ0n) is 11.7. The summed E-state index contributed by atoms with van der Waals surface area (Å²) >= 11 is 0. The van der Waals surface area contributed by atoms with Gasteiger partial charge in [0.05, 0.1) is 5.69 Å². The van der Waals surface area contributed by atoms with Crippen molar-refractivity contribution in [2.75, 3.05) is 5.32 Å². The number of hydrogen-bond donors (Lipinski definition) is 2. The number of carboxylic acid groups (broad SMARTS) is 1. The molecule has 0 aliphatic rings. The molecule has 0 radical (unpaired) electrons. The van der Waals surface area contributed by atoms with E-state index in [1.54, 1.807) is 20.8 Å². The van der Waals surface area contributed by atoms with Crippen LogP contribution in [0.15, 0.2) is 4.42 Å². The molecular weight excluding hydrogens is 280 g/mol. The predicted octanol–water partition coefficient (Wildman–Crippen LogP) is 0.430. The highest BCUT2D eigenvalue weighted by Crippen LogP contribution is 2.17. The van der Waals surface area contributed by atoms with Crippen molar-refractivity contribution in [3.63, 3.8) is 0 Å². The Morgan fingerprint density at radius 1 is 1.33 bits per heavy atom. The summed E-state index contributed by atoms with van der Waals surface area (Å²) in [7, 11) is 0. The minimum atomic E-state index is -1.18. The Balaban J connectivity index is 2.15. The fraction of sp³-hybridized carbons (Fsp3) is 0.455. The second-order valence-electron chi connectivity index (χ2n) is 4.62. The summed E-state index contributed by atoms with van der Waals surface area (Å²) in [4.78, 5) is 22.9.